The quantitative estimate of drug-likeness (QED) is 0.654. The Hall–Kier alpha value is -3.33. The third kappa shape index (κ3) is 4.85. The molecule has 0 aliphatic rings. The van der Waals surface area contributed by atoms with Crippen LogP contribution in [0.1, 0.15) is 18.1 Å². The molecule has 0 saturated heterocycles. The molecule has 24 heavy (non-hydrogen) atoms. The number of rotatable bonds is 6. The SMILES string of the molecule is COc1cccc(/C(C)=N\NC(=O)COc2ccc(C#N)cc2)c1. The largest absolute Gasteiger partial charge is 0.497 e. The van der Waals surface area contributed by atoms with E-state index in [-0.39, 0.29) is 12.5 Å². The van der Waals surface area contributed by atoms with Gasteiger partial charge in [0.15, 0.2) is 6.61 Å². The molecule has 0 saturated carbocycles. The molecule has 0 unspecified atom stereocenters. The molecule has 0 aliphatic carbocycles. The highest BCUT2D eigenvalue weighted by atomic mass is 16.5. The van der Waals surface area contributed by atoms with E-state index in [0.717, 1.165) is 11.3 Å². The summed E-state index contributed by atoms with van der Waals surface area (Å²) in [5.41, 5.74) is 4.48. The Morgan fingerprint density at radius 3 is 2.62 bits per heavy atom. The summed E-state index contributed by atoms with van der Waals surface area (Å²) in [6.45, 7) is 1.62. The number of hydrogen-bond donors (Lipinski definition) is 1. The standard InChI is InChI=1S/C18H17N3O3/c1-13(15-4-3-5-17(10-15)23-2)20-21-18(22)12-24-16-8-6-14(11-19)7-9-16/h3-10H,12H2,1-2H3,(H,21,22)/b20-13-. The molecule has 1 N–H and O–H groups in total. The molecule has 0 heterocycles. The van der Waals surface area contributed by atoms with Crippen molar-refractivity contribution < 1.29 is 14.3 Å². The minimum Gasteiger partial charge on any atom is -0.497 e. The first-order valence-electron chi connectivity index (χ1n) is 7.23. The molecule has 0 spiro atoms. The van der Waals surface area contributed by atoms with Gasteiger partial charge >= 0.3 is 0 Å². The second-order valence-electron chi connectivity index (χ2n) is 4.89. The summed E-state index contributed by atoms with van der Waals surface area (Å²) in [6.07, 6.45) is 0. The maximum atomic E-state index is 11.8. The molecule has 0 atom stereocenters. The number of carbonyl (C=O) groups excluding carboxylic acids is 1. The van der Waals surface area contributed by atoms with Crippen molar-refractivity contribution >= 4 is 11.6 Å². The first-order valence-corrected chi connectivity index (χ1v) is 7.23. The molecule has 6 heteroatoms. The molecule has 0 bridgehead atoms. The van der Waals surface area contributed by atoms with Crippen LogP contribution >= 0.6 is 0 Å². The zero-order valence-electron chi connectivity index (χ0n) is 13.4. The predicted molar refractivity (Wildman–Crippen MR) is 90.0 cm³/mol. The van der Waals surface area contributed by atoms with Gasteiger partial charge in [0.05, 0.1) is 24.5 Å². The highest BCUT2D eigenvalue weighted by molar-refractivity contribution is 5.99. The fourth-order valence-corrected chi connectivity index (χ4v) is 1.87. The average Bonchev–Trinajstić information content (AvgIpc) is 2.64. The monoisotopic (exact) mass is 323 g/mol. The summed E-state index contributed by atoms with van der Waals surface area (Å²) >= 11 is 0. The molecule has 1 amide bonds. The molecule has 2 aromatic rings. The number of hydrogen-bond acceptors (Lipinski definition) is 5. The van der Waals surface area contributed by atoms with Crippen LogP contribution in [0.25, 0.3) is 0 Å². The van der Waals surface area contributed by atoms with Gasteiger partial charge in [-0.1, -0.05) is 12.1 Å². The van der Waals surface area contributed by atoms with Crippen molar-refractivity contribution in [1.82, 2.24) is 5.43 Å². The first-order chi connectivity index (χ1) is 11.6. The minimum atomic E-state index is -0.374. The second-order valence-corrected chi connectivity index (χ2v) is 4.89. The van der Waals surface area contributed by atoms with Crippen molar-refractivity contribution in [2.24, 2.45) is 5.10 Å². The Labute approximate surface area is 140 Å². The van der Waals surface area contributed by atoms with Gasteiger partial charge in [-0.05, 0) is 43.3 Å². The number of nitrogens with one attached hydrogen (secondary N) is 1. The lowest BCUT2D eigenvalue weighted by Gasteiger charge is -2.06. The summed E-state index contributed by atoms with van der Waals surface area (Å²) in [7, 11) is 1.59. The lowest BCUT2D eigenvalue weighted by molar-refractivity contribution is -0.123. The molecule has 0 radical (unpaired) electrons. The van der Waals surface area contributed by atoms with Crippen molar-refractivity contribution in [1.29, 1.82) is 5.26 Å². The van der Waals surface area contributed by atoms with Crippen LogP contribution in [0.3, 0.4) is 0 Å². The molecule has 0 aromatic heterocycles. The van der Waals surface area contributed by atoms with Crippen LogP contribution in [0.5, 0.6) is 11.5 Å². The number of carbonyl (C=O) groups is 1. The van der Waals surface area contributed by atoms with E-state index < -0.39 is 0 Å². The summed E-state index contributed by atoms with van der Waals surface area (Å²) < 4.78 is 10.5. The first kappa shape index (κ1) is 17.0. The Morgan fingerprint density at radius 1 is 1.21 bits per heavy atom. The lowest BCUT2D eigenvalue weighted by atomic mass is 10.1. The van der Waals surface area contributed by atoms with Gasteiger partial charge in [-0.2, -0.15) is 10.4 Å². The van der Waals surface area contributed by atoms with Crippen molar-refractivity contribution in [3.05, 3.63) is 59.7 Å². The van der Waals surface area contributed by atoms with Gasteiger partial charge in [0, 0.05) is 5.56 Å². The van der Waals surface area contributed by atoms with Crippen LogP contribution in [0, 0.1) is 11.3 Å². The number of amides is 1. The topological polar surface area (TPSA) is 83.7 Å². The molecule has 0 fully saturated rings. The second kappa shape index (κ2) is 8.34. The van der Waals surface area contributed by atoms with Crippen LogP contribution in [0.15, 0.2) is 53.6 Å². The number of hydrazone groups is 1. The molecule has 2 aromatic carbocycles. The molecule has 2 rings (SSSR count). The summed E-state index contributed by atoms with van der Waals surface area (Å²) in [5, 5.41) is 12.8. The van der Waals surface area contributed by atoms with Crippen LogP contribution in [-0.2, 0) is 4.79 Å². The van der Waals surface area contributed by atoms with Crippen LogP contribution in [-0.4, -0.2) is 25.3 Å². The third-order valence-electron chi connectivity index (χ3n) is 3.19. The summed E-state index contributed by atoms with van der Waals surface area (Å²) in [4.78, 5) is 11.8. The lowest BCUT2D eigenvalue weighted by Crippen LogP contribution is -2.25. The normalized spacial score (nSPS) is 10.6. The van der Waals surface area contributed by atoms with Gasteiger partial charge in [-0.3, -0.25) is 4.79 Å². The minimum absolute atomic E-state index is 0.166. The van der Waals surface area contributed by atoms with E-state index in [1.165, 1.54) is 0 Å². The van der Waals surface area contributed by atoms with Gasteiger partial charge < -0.3 is 9.47 Å². The van der Waals surface area contributed by atoms with Gasteiger partial charge in [0.2, 0.25) is 0 Å². The zero-order chi connectivity index (χ0) is 17.4. The van der Waals surface area contributed by atoms with E-state index in [1.807, 2.05) is 30.3 Å². The van der Waals surface area contributed by atoms with E-state index in [1.54, 1.807) is 38.3 Å². The molecule has 122 valence electrons. The van der Waals surface area contributed by atoms with Gasteiger partial charge in [0.25, 0.3) is 5.91 Å². The van der Waals surface area contributed by atoms with Crippen molar-refractivity contribution in [3.63, 3.8) is 0 Å². The van der Waals surface area contributed by atoms with Gasteiger partial charge in [0.1, 0.15) is 11.5 Å². The van der Waals surface area contributed by atoms with E-state index in [2.05, 4.69) is 10.5 Å². The highest BCUT2D eigenvalue weighted by Crippen LogP contribution is 2.13. The maximum absolute atomic E-state index is 11.8. The number of ether oxygens (including phenoxy) is 2. The Balaban J connectivity index is 1.88. The van der Waals surface area contributed by atoms with Crippen LogP contribution < -0.4 is 14.9 Å². The molecule has 6 nitrogen and oxygen atoms in total. The number of benzene rings is 2. The van der Waals surface area contributed by atoms with E-state index >= 15 is 0 Å². The fourth-order valence-electron chi connectivity index (χ4n) is 1.87. The van der Waals surface area contributed by atoms with Crippen LogP contribution in [0.2, 0.25) is 0 Å². The van der Waals surface area contributed by atoms with E-state index in [4.69, 9.17) is 14.7 Å². The molecule has 0 aliphatic heterocycles. The van der Waals surface area contributed by atoms with Crippen molar-refractivity contribution in [2.45, 2.75) is 6.92 Å². The third-order valence-corrected chi connectivity index (χ3v) is 3.19. The van der Waals surface area contributed by atoms with Crippen molar-refractivity contribution in [3.8, 4) is 17.6 Å². The Bertz CT molecular complexity index is 777. The average molecular weight is 323 g/mol. The fraction of sp³-hybridized carbons (Fsp3) is 0.167. The number of nitriles is 1. The molecular weight excluding hydrogens is 306 g/mol. The predicted octanol–water partition coefficient (Wildman–Crippen LogP) is 2.49. The number of methoxy groups -OCH3 is 1. The van der Waals surface area contributed by atoms with Crippen molar-refractivity contribution in [2.75, 3.05) is 13.7 Å². The zero-order valence-corrected chi connectivity index (χ0v) is 13.4. The van der Waals surface area contributed by atoms with Gasteiger partial charge in [-0.15, -0.1) is 0 Å². The molecular formula is C18H17N3O3. The summed E-state index contributed by atoms with van der Waals surface area (Å²) in [6, 6.07) is 15.9. The van der Waals surface area contributed by atoms with Crippen LogP contribution in [0.4, 0.5) is 0 Å². The summed E-state index contributed by atoms with van der Waals surface area (Å²) in [5.74, 6) is 0.858. The van der Waals surface area contributed by atoms with Gasteiger partial charge in [-0.25, -0.2) is 5.43 Å². The maximum Gasteiger partial charge on any atom is 0.277 e. The highest BCUT2D eigenvalue weighted by Gasteiger charge is 2.04. The van der Waals surface area contributed by atoms with E-state index in [0.29, 0.717) is 17.0 Å². The Morgan fingerprint density at radius 2 is 1.96 bits per heavy atom. The smallest absolute Gasteiger partial charge is 0.277 e. The number of nitrogens with zero attached hydrogens (tertiary/aromatic N) is 2. The van der Waals surface area contributed by atoms with E-state index in [9.17, 15) is 4.79 Å². The Kier molecular flexibility index (Phi) is 5.92.